The summed E-state index contributed by atoms with van der Waals surface area (Å²) in [6, 6.07) is 14.8. The number of aromatic nitrogens is 2. The van der Waals surface area contributed by atoms with Crippen LogP contribution >= 0.6 is 11.6 Å². The third-order valence-electron chi connectivity index (χ3n) is 4.20. The number of methoxy groups -OCH3 is 1. The first-order chi connectivity index (χ1) is 12.5. The minimum Gasteiger partial charge on any atom is -0.497 e. The molecule has 0 amide bonds. The van der Waals surface area contributed by atoms with Gasteiger partial charge < -0.3 is 9.47 Å². The lowest BCUT2D eigenvalue weighted by molar-refractivity contribution is 0.304. The van der Waals surface area contributed by atoms with Gasteiger partial charge in [0, 0.05) is 11.3 Å². The first kappa shape index (κ1) is 17.8. The number of hydrogen-bond donors (Lipinski definition) is 0. The van der Waals surface area contributed by atoms with Crippen LogP contribution in [0.3, 0.4) is 0 Å². The Kier molecular flexibility index (Phi) is 5.15. The normalized spacial score (nSPS) is 10.4. The Balaban J connectivity index is 1.83. The summed E-state index contributed by atoms with van der Waals surface area (Å²) in [6.07, 6.45) is 0. The van der Waals surface area contributed by atoms with E-state index in [0.29, 0.717) is 17.2 Å². The molecule has 2 aromatic carbocycles. The van der Waals surface area contributed by atoms with Crippen molar-refractivity contribution in [1.82, 2.24) is 9.78 Å². The van der Waals surface area contributed by atoms with E-state index in [-0.39, 0.29) is 0 Å². The zero-order valence-electron chi connectivity index (χ0n) is 14.8. The third-order valence-corrected chi connectivity index (χ3v) is 4.51. The van der Waals surface area contributed by atoms with Crippen molar-refractivity contribution < 1.29 is 9.47 Å². The molecule has 132 valence electrons. The van der Waals surface area contributed by atoms with E-state index in [9.17, 15) is 0 Å². The van der Waals surface area contributed by atoms with Gasteiger partial charge in [0.15, 0.2) is 0 Å². The minimum absolute atomic E-state index is 0.411. The molecule has 0 atom stereocenters. The molecule has 3 aromatic rings. The molecule has 0 N–H and O–H groups in total. The quantitative estimate of drug-likeness (QED) is 0.661. The molecular formula is C20H18ClN3O2. The van der Waals surface area contributed by atoms with E-state index in [2.05, 4.69) is 11.2 Å². The summed E-state index contributed by atoms with van der Waals surface area (Å²) in [4.78, 5) is 0. The van der Waals surface area contributed by atoms with Gasteiger partial charge in [-0.15, -0.1) is 0 Å². The lowest BCUT2D eigenvalue weighted by Crippen LogP contribution is -2.01. The highest BCUT2D eigenvalue weighted by Gasteiger charge is 2.14. The van der Waals surface area contributed by atoms with Gasteiger partial charge in [-0.1, -0.05) is 11.6 Å². The Morgan fingerprint density at radius 3 is 2.42 bits per heavy atom. The maximum atomic E-state index is 9.01. The fourth-order valence-electron chi connectivity index (χ4n) is 2.69. The highest BCUT2D eigenvalue weighted by atomic mass is 35.5. The number of halogens is 1. The van der Waals surface area contributed by atoms with Gasteiger partial charge in [0.2, 0.25) is 0 Å². The predicted molar refractivity (Wildman–Crippen MR) is 100 cm³/mol. The number of ether oxygens (including phenoxy) is 2. The summed E-state index contributed by atoms with van der Waals surface area (Å²) in [6.45, 7) is 4.34. The van der Waals surface area contributed by atoms with E-state index in [0.717, 1.165) is 34.1 Å². The number of benzene rings is 2. The second kappa shape index (κ2) is 7.51. The standard InChI is InChI=1S/C20H18ClN3O2/c1-13-19(12-26-18-8-6-17(25-3)7-9-18)14(2)24(23-13)16-5-4-15(11-22)20(21)10-16/h4-10H,12H2,1-3H3. The minimum atomic E-state index is 0.411. The average molecular weight is 368 g/mol. The van der Waals surface area contributed by atoms with Crippen molar-refractivity contribution in [3.05, 3.63) is 70.0 Å². The average Bonchev–Trinajstić information content (AvgIpc) is 2.94. The fourth-order valence-corrected chi connectivity index (χ4v) is 2.91. The maximum absolute atomic E-state index is 9.01. The molecule has 0 fully saturated rings. The van der Waals surface area contributed by atoms with Crippen LogP contribution in [-0.2, 0) is 6.61 Å². The Morgan fingerprint density at radius 1 is 1.12 bits per heavy atom. The first-order valence-corrected chi connectivity index (χ1v) is 8.43. The van der Waals surface area contributed by atoms with Gasteiger partial charge in [-0.3, -0.25) is 0 Å². The molecule has 1 aromatic heterocycles. The number of aryl methyl sites for hydroxylation is 1. The second-order valence-corrected chi connectivity index (χ2v) is 6.21. The molecule has 0 spiro atoms. The molecule has 0 unspecified atom stereocenters. The van der Waals surface area contributed by atoms with Gasteiger partial charge in [-0.25, -0.2) is 4.68 Å². The molecule has 1 heterocycles. The number of nitriles is 1. The fraction of sp³-hybridized carbons (Fsp3) is 0.200. The Hall–Kier alpha value is -2.97. The monoisotopic (exact) mass is 367 g/mol. The van der Waals surface area contributed by atoms with E-state index >= 15 is 0 Å². The van der Waals surface area contributed by atoms with Crippen molar-refractivity contribution in [1.29, 1.82) is 5.26 Å². The van der Waals surface area contributed by atoms with E-state index in [4.69, 9.17) is 26.3 Å². The lowest BCUT2D eigenvalue weighted by Gasteiger charge is -2.09. The SMILES string of the molecule is COc1ccc(OCc2c(C)nn(-c3ccc(C#N)c(Cl)c3)c2C)cc1. The van der Waals surface area contributed by atoms with Crippen molar-refractivity contribution in [3.8, 4) is 23.3 Å². The number of nitrogens with zero attached hydrogens (tertiary/aromatic N) is 3. The molecule has 0 aliphatic rings. The summed E-state index contributed by atoms with van der Waals surface area (Å²) in [7, 11) is 1.63. The molecule has 6 heteroatoms. The van der Waals surface area contributed by atoms with E-state index in [1.54, 1.807) is 19.2 Å². The van der Waals surface area contributed by atoms with Crippen LogP contribution in [0.2, 0.25) is 5.02 Å². The largest absolute Gasteiger partial charge is 0.497 e. The van der Waals surface area contributed by atoms with Crippen molar-refractivity contribution >= 4 is 11.6 Å². The van der Waals surface area contributed by atoms with Crippen molar-refractivity contribution in [3.63, 3.8) is 0 Å². The van der Waals surface area contributed by atoms with Crippen LogP contribution in [0.5, 0.6) is 11.5 Å². The van der Waals surface area contributed by atoms with Crippen LogP contribution in [-0.4, -0.2) is 16.9 Å². The maximum Gasteiger partial charge on any atom is 0.120 e. The van der Waals surface area contributed by atoms with E-state index in [1.165, 1.54) is 0 Å². The van der Waals surface area contributed by atoms with Gasteiger partial charge >= 0.3 is 0 Å². The molecular weight excluding hydrogens is 350 g/mol. The summed E-state index contributed by atoms with van der Waals surface area (Å²) in [5.74, 6) is 1.55. The number of hydrogen-bond acceptors (Lipinski definition) is 4. The Labute approximate surface area is 157 Å². The molecule has 0 radical (unpaired) electrons. The summed E-state index contributed by atoms with van der Waals surface area (Å²) in [5.41, 5.74) is 4.12. The molecule has 0 saturated carbocycles. The van der Waals surface area contributed by atoms with Crippen LogP contribution in [0.1, 0.15) is 22.5 Å². The van der Waals surface area contributed by atoms with E-state index < -0.39 is 0 Å². The van der Waals surface area contributed by atoms with Crippen LogP contribution in [0, 0.1) is 25.2 Å². The Morgan fingerprint density at radius 2 is 1.81 bits per heavy atom. The van der Waals surface area contributed by atoms with E-state index in [1.807, 2.05) is 48.9 Å². The highest BCUT2D eigenvalue weighted by molar-refractivity contribution is 6.31. The molecule has 0 bridgehead atoms. The molecule has 0 aliphatic heterocycles. The lowest BCUT2D eigenvalue weighted by atomic mass is 10.2. The van der Waals surface area contributed by atoms with Crippen LogP contribution in [0.25, 0.3) is 5.69 Å². The van der Waals surface area contributed by atoms with Crippen molar-refractivity contribution in [2.45, 2.75) is 20.5 Å². The van der Waals surface area contributed by atoms with Crippen LogP contribution in [0.4, 0.5) is 0 Å². The molecule has 0 aliphatic carbocycles. The van der Waals surface area contributed by atoms with Gasteiger partial charge in [0.25, 0.3) is 0 Å². The zero-order valence-corrected chi connectivity index (χ0v) is 15.5. The van der Waals surface area contributed by atoms with Crippen molar-refractivity contribution in [2.75, 3.05) is 7.11 Å². The van der Waals surface area contributed by atoms with Crippen molar-refractivity contribution in [2.24, 2.45) is 0 Å². The summed E-state index contributed by atoms with van der Waals surface area (Å²) in [5, 5.41) is 14.0. The smallest absolute Gasteiger partial charge is 0.120 e. The Bertz CT molecular complexity index is 972. The van der Waals surface area contributed by atoms with Gasteiger partial charge in [0.1, 0.15) is 24.2 Å². The van der Waals surface area contributed by atoms with Gasteiger partial charge in [-0.2, -0.15) is 10.4 Å². The first-order valence-electron chi connectivity index (χ1n) is 8.05. The predicted octanol–water partition coefficient (Wildman–Crippen LogP) is 4.60. The molecule has 26 heavy (non-hydrogen) atoms. The topological polar surface area (TPSA) is 60.1 Å². The molecule has 0 saturated heterocycles. The number of rotatable bonds is 5. The van der Waals surface area contributed by atoms with Gasteiger partial charge in [-0.05, 0) is 56.3 Å². The zero-order chi connectivity index (χ0) is 18.7. The van der Waals surface area contributed by atoms with Crippen LogP contribution in [0.15, 0.2) is 42.5 Å². The summed E-state index contributed by atoms with van der Waals surface area (Å²) >= 11 is 6.15. The molecule has 3 rings (SSSR count). The highest BCUT2D eigenvalue weighted by Crippen LogP contribution is 2.24. The summed E-state index contributed by atoms with van der Waals surface area (Å²) < 4.78 is 12.8. The van der Waals surface area contributed by atoms with Crippen LogP contribution < -0.4 is 9.47 Å². The second-order valence-electron chi connectivity index (χ2n) is 5.80. The van der Waals surface area contributed by atoms with Gasteiger partial charge in [0.05, 0.1) is 29.1 Å². The third kappa shape index (κ3) is 3.51. The molecule has 5 nitrogen and oxygen atoms in total.